The molecule has 0 radical (unpaired) electrons. The van der Waals surface area contributed by atoms with Gasteiger partial charge in [0.2, 0.25) is 0 Å². The van der Waals surface area contributed by atoms with Crippen molar-refractivity contribution >= 4 is 0 Å². The van der Waals surface area contributed by atoms with E-state index in [0.717, 1.165) is 0 Å². The van der Waals surface area contributed by atoms with Crippen LogP contribution in [0.3, 0.4) is 0 Å². The van der Waals surface area contributed by atoms with E-state index in [1.54, 1.807) is 0 Å². The van der Waals surface area contributed by atoms with Gasteiger partial charge < -0.3 is 44.2 Å². The maximum absolute atomic E-state index is 6.75. The van der Waals surface area contributed by atoms with E-state index in [1.165, 1.54) is 19.6 Å². The van der Waals surface area contributed by atoms with Gasteiger partial charge in [-0.05, 0) is 0 Å². The molecule has 0 aliphatic rings. The molecular weight excluding hydrogens is 400 g/mol. The van der Waals surface area contributed by atoms with Crippen molar-refractivity contribution in [2.75, 3.05) is 0 Å². The Morgan fingerprint density at radius 3 is 0.385 bits per heavy atom. The fraction of sp³-hybridized carbons (Fsp3) is 0. The second kappa shape index (κ2) is 147. The predicted octanol–water partition coefficient (Wildman–Crippen LogP) is 3.46. The van der Waals surface area contributed by atoms with Gasteiger partial charge in [-0.25, -0.2) is 0 Å². The molecule has 0 aromatic carbocycles. The SMILES string of the molecule is [N-]=[N+]=[N-].[N-]=[N+]=[N-].[N-]=[N+]=[N-].[N-]=[N+]=[N-].[Th+4]. The maximum Gasteiger partial charge on any atom is 4.00 e. The quantitative estimate of drug-likeness (QED) is 0.322. The van der Waals surface area contributed by atoms with Gasteiger partial charge in [0.15, 0.2) is 0 Å². The number of nitrogens with zero attached hydrogens (tertiary/aromatic N) is 12. The molecule has 0 aliphatic heterocycles. The summed E-state index contributed by atoms with van der Waals surface area (Å²) in [4.78, 5) is 6.00. The average Bonchev–Trinajstić information content (AvgIpc) is 1.92. The van der Waals surface area contributed by atoms with E-state index in [1.807, 2.05) is 0 Å². The van der Waals surface area contributed by atoms with Crippen LogP contribution < -0.4 is 0 Å². The first-order valence-corrected chi connectivity index (χ1v) is 1.60. The molecule has 0 saturated heterocycles. The summed E-state index contributed by atoms with van der Waals surface area (Å²) >= 11 is 0. The summed E-state index contributed by atoms with van der Waals surface area (Å²) in [5, 5.41) is 0. The van der Waals surface area contributed by atoms with Gasteiger partial charge in [-0.1, -0.05) is 0 Å². The van der Waals surface area contributed by atoms with Gasteiger partial charge in [-0.2, -0.15) is 0 Å². The van der Waals surface area contributed by atoms with E-state index >= 15 is 0 Å². The van der Waals surface area contributed by atoms with Crippen LogP contribution >= 0.6 is 0 Å². The molecule has 0 unspecified atom stereocenters. The largest absolute Gasteiger partial charge is 4.00 e. The molecule has 0 amide bonds. The van der Waals surface area contributed by atoms with Crippen LogP contribution in [0.25, 0.3) is 63.9 Å². The molecular formula is N12Th. The minimum atomic E-state index is 0. The molecule has 0 N–H and O–H groups in total. The zero-order valence-electron chi connectivity index (χ0n) is 5.87. The first-order valence-electron chi connectivity index (χ1n) is 1.60. The van der Waals surface area contributed by atoms with Crippen molar-refractivity contribution in [1.82, 2.24) is 0 Å². The molecule has 0 aliphatic carbocycles. The van der Waals surface area contributed by atoms with Crippen molar-refractivity contribution < 1.29 is 39.9 Å². The molecule has 12 nitrogen and oxygen atoms in total. The summed E-state index contributed by atoms with van der Waals surface area (Å²) in [6.07, 6.45) is 0. The number of rotatable bonds is 0. The van der Waals surface area contributed by atoms with Gasteiger partial charge in [0.1, 0.15) is 0 Å². The number of hydrogen-bond acceptors (Lipinski definition) is 0. The topological polar surface area (TPSA) is 235 Å². The van der Waals surface area contributed by atoms with Crippen LogP contribution in [0, 0.1) is 39.9 Å². The van der Waals surface area contributed by atoms with Crippen molar-refractivity contribution in [2.24, 2.45) is 0 Å². The standard InChI is InChI=1S/4N3.Th/c4*1-3-2;/q4*-1;+4. The summed E-state index contributed by atoms with van der Waals surface area (Å²) in [7, 11) is 0. The second-order valence-electron chi connectivity index (χ2n) is 0.358. The summed E-state index contributed by atoms with van der Waals surface area (Å²) in [5.41, 5.74) is 54.0. The van der Waals surface area contributed by atoms with E-state index in [9.17, 15) is 0 Å². The van der Waals surface area contributed by atoms with Crippen LogP contribution in [0.2, 0.25) is 0 Å². The van der Waals surface area contributed by atoms with Crippen LogP contribution in [-0.2, 0) is 0 Å². The summed E-state index contributed by atoms with van der Waals surface area (Å²) < 4.78 is 0. The Morgan fingerprint density at radius 1 is 0.385 bits per heavy atom. The Labute approximate surface area is 103 Å². The Hall–Kier alpha value is -1.44. The van der Waals surface area contributed by atoms with Crippen molar-refractivity contribution in [2.45, 2.75) is 0 Å². The predicted molar refractivity (Wildman–Crippen MR) is 40.3 cm³/mol. The number of hydrogen-bond donors (Lipinski definition) is 0. The van der Waals surface area contributed by atoms with E-state index in [2.05, 4.69) is 0 Å². The van der Waals surface area contributed by atoms with E-state index < -0.39 is 0 Å². The first-order chi connectivity index (χ1) is 5.66. The zero-order valence-corrected chi connectivity index (χ0v) is 9.98. The maximum atomic E-state index is 6.75. The monoisotopic (exact) mass is 400 g/mol. The minimum absolute atomic E-state index is 0. The first kappa shape index (κ1) is 30.0. The van der Waals surface area contributed by atoms with Gasteiger partial charge in [0.25, 0.3) is 0 Å². The smallest absolute Gasteiger partial charge is 0.373 e. The van der Waals surface area contributed by atoms with Gasteiger partial charge in [0.05, 0.1) is 0 Å². The van der Waals surface area contributed by atoms with Crippen molar-refractivity contribution in [1.29, 1.82) is 0 Å². The van der Waals surface area contributed by atoms with Crippen molar-refractivity contribution in [3.63, 3.8) is 0 Å². The molecule has 0 aromatic heterocycles. The Balaban J connectivity index is -0.0000000213. The fourth-order valence-corrected chi connectivity index (χ4v) is 0. The van der Waals surface area contributed by atoms with Crippen LogP contribution in [0.4, 0.5) is 0 Å². The van der Waals surface area contributed by atoms with Gasteiger partial charge >= 0.3 is 39.9 Å². The minimum Gasteiger partial charge on any atom is -0.373 e. The molecule has 0 bridgehead atoms. The van der Waals surface area contributed by atoms with Crippen LogP contribution in [0.5, 0.6) is 0 Å². The molecule has 0 spiro atoms. The Bertz CT molecular complexity index is 137. The Kier molecular flexibility index (Phi) is 339. The zero-order chi connectivity index (χ0) is 10.8. The van der Waals surface area contributed by atoms with Crippen LogP contribution in [0.15, 0.2) is 0 Å². The third kappa shape index (κ3) is 376. The molecule has 0 rings (SSSR count). The van der Waals surface area contributed by atoms with E-state index in [0.29, 0.717) is 0 Å². The summed E-state index contributed by atoms with van der Waals surface area (Å²) in [6, 6.07) is 0. The van der Waals surface area contributed by atoms with Gasteiger partial charge in [0, 0.05) is 0 Å². The molecule has 0 aromatic rings. The molecule has 0 atom stereocenters. The molecule has 64 valence electrons. The van der Waals surface area contributed by atoms with E-state index in [4.69, 9.17) is 44.2 Å². The molecule has 13 heavy (non-hydrogen) atoms. The molecule has 0 fully saturated rings. The third-order valence-electron chi connectivity index (χ3n) is 0. The Morgan fingerprint density at radius 2 is 0.385 bits per heavy atom. The average molecular weight is 400 g/mol. The van der Waals surface area contributed by atoms with E-state index in [-0.39, 0.29) is 39.9 Å². The summed E-state index contributed by atoms with van der Waals surface area (Å²) in [6.45, 7) is 0. The molecule has 13 heteroatoms. The fourth-order valence-electron chi connectivity index (χ4n) is 0. The van der Waals surface area contributed by atoms with Crippen LogP contribution in [-0.4, -0.2) is 0 Å². The third-order valence-corrected chi connectivity index (χ3v) is 0. The van der Waals surface area contributed by atoms with Gasteiger partial charge in [-0.15, -0.1) is 0 Å². The van der Waals surface area contributed by atoms with Crippen LogP contribution in [0.1, 0.15) is 0 Å². The normalized spacial score (nSPS) is 2.46. The molecule has 0 saturated carbocycles. The summed E-state index contributed by atoms with van der Waals surface area (Å²) in [5.74, 6) is 0. The second-order valence-corrected chi connectivity index (χ2v) is 0.358. The van der Waals surface area contributed by atoms with Crippen molar-refractivity contribution in [3.05, 3.63) is 63.9 Å². The van der Waals surface area contributed by atoms with Gasteiger partial charge in [-0.3, -0.25) is 19.6 Å². The van der Waals surface area contributed by atoms with Crippen molar-refractivity contribution in [3.8, 4) is 0 Å². The molecule has 0 heterocycles.